The molecule has 2 fully saturated rings. The fourth-order valence-electron chi connectivity index (χ4n) is 4.25. The van der Waals surface area contributed by atoms with Crippen molar-refractivity contribution in [2.24, 2.45) is 0 Å². The van der Waals surface area contributed by atoms with E-state index in [0.717, 1.165) is 23.9 Å². The van der Waals surface area contributed by atoms with Gasteiger partial charge in [0, 0.05) is 35.9 Å². The third-order valence-corrected chi connectivity index (χ3v) is 5.95. The van der Waals surface area contributed by atoms with Gasteiger partial charge < -0.3 is 14.9 Å². The van der Waals surface area contributed by atoms with E-state index in [0.29, 0.717) is 43.1 Å². The van der Waals surface area contributed by atoms with E-state index in [-0.39, 0.29) is 28.8 Å². The molecule has 7 heteroatoms. The van der Waals surface area contributed by atoms with E-state index in [9.17, 15) is 14.0 Å². The van der Waals surface area contributed by atoms with Gasteiger partial charge in [0.2, 0.25) is 0 Å². The number of pyridine rings is 2. The molecular weight excluding hydrogens is 359 g/mol. The maximum atomic E-state index is 14.5. The summed E-state index contributed by atoms with van der Waals surface area (Å²) in [6.45, 7) is 1.00. The number of hydrogen-bond acceptors (Lipinski definition) is 3. The number of nitrogens with zero attached hydrogens (tertiary/aromatic N) is 2. The quantitative estimate of drug-likeness (QED) is 0.732. The predicted molar refractivity (Wildman–Crippen MR) is 103 cm³/mol. The van der Waals surface area contributed by atoms with E-state index in [1.54, 1.807) is 17.2 Å². The first-order valence-electron chi connectivity index (χ1n) is 9.76. The number of rotatable bonds is 3. The normalized spacial score (nSPS) is 18.0. The number of fused-ring (bicyclic) bond motifs is 1. The van der Waals surface area contributed by atoms with Crippen LogP contribution in [0.25, 0.3) is 11.0 Å². The number of hydrogen-bond donors (Lipinski definition) is 2. The predicted octanol–water partition coefficient (Wildman–Crippen LogP) is 3.29. The number of aromatic nitrogens is 3. The third kappa shape index (κ3) is 2.91. The van der Waals surface area contributed by atoms with Gasteiger partial charge in [-0.05, 0) is 55.7 Å². The van der Waals surface area contributed by atoms with Crippen LogP contribution in [-0.2, 0) is 0 Å². The number of amides is 1. The summed E-state index contributed by atoms with van der Waals surface area (Å²) in [5.41, 5.74) is 2.14. The highest BCUT2D eigenvalue weighted by atomic mass is 19.1. The van der Waals surface area contributed by atoms with E-state index >= 15 is 0 Å². The van der Waals surface area contributed by atoms with Crippen molar-refractivity contribution in [1.29, 1.82) is 0 Å². The summed E-state index contributed by atoms with van der Waals surface area (Å²) in [7, 11) is 0. The highest BCUT2D eigenvalue weighted by Gasteiger charge is 2.30. The Kier molecular flexibility index (Phi) is 4.03. The van der Waals surface area contributed by atoms with Crippen molar-refractivity contribution >= 4 is 16.9 Å². The number of aromatic amines is 2. The van der Waals surface area contributed by atoms with Gasteiger partial charge in [-0.3, -0.25) is 9.59 Å². The van der Waals surface area contributed by atoms with Crippen molar-refractivity contribution in [3.8, 4) is 0 Å². The highest BCUT2D eigenvalue weighted by molar-refractivity contribution is 5.94. The van der Waals surface area contributed by atoms with E-state index in [1.165, 1.54) is 6.20 Å². The molecule has 6 nitrogen and oxygen atoms in total. The van der Waals surface area contributed by atoms with Crippen LogP contribution in [0.2, 0.25) is 0 Å². The van der Waals surface area contributed by atoms with E-state index in [1.807, 2.05) is 12.1 Å². The lowest BCUT2D eigenvalue weighted by Crippen LogP contribution is -2.40. The van der Waals surface area contributed by atoms with Gasteiger partial charge in [-0.1, -0.05) is 0 Å². The van der Waals surface area contributed by atoms with Crippen LogP contribution in [0.15, 0.2) is 35.4 Å². The van der Waals surface area contributed by atoms with Crippen molar-refractivity contribution in [2.75, 3.05) is 13.1 Å². The first-order chi connectivity index (χ1) is 13.6. The van der Waals surface area contributed by atoms with Gasteiger partial charge in [0.05, 0.1) is 6.20 Å². The number of piperidine rings is 1. The van der Waals surface area contributed by atoms with Crippen molar-refractivity contribution in [1.82, 2.24) is 19.9 Å². The Morgan fingerprint density at radius 3 is 2.61 bits per heavy atom. The standard InChI is InChI=1S/C21H21FN4O2/c22-16-11-24-19-14(5-8-23-19)18(16)13-6-9-26(10-7-13)21(28)15-3-4-17(12-1-2-12)25-20(15)27/h3-5,8,11-13H,1-2,6-7,9-10H2,(H,23,24)(H,25,27). The largest absolute Gasteiger partial charge is 0.346 e. The Morgan fingerprint density at radius 1 is 1.11 bits per heavy atom. The third-order valence-electron chi connectivity index (χ3n) is 5.95. The smallest absolute Gasteiger partial charge is 0.261 e. The molecule has 1 amide bonds. The molecule has 0 atom stereocenters. The number of H-pyrrole nitrogens is 2. The SMILES string of the molecule is O=C(c1ccc(C2CC2)[nH]c1=O)N1CCC(c2c(F)cnc3[nH]ccc23)CC1. The second-order valence-corrected chi connectivity index (χ2v) is 7.76. The molecule has 0 bridgehead atoms. The molecule has 0 spiro atoms. The molecule has 4 heterocycles. The van der Waals surface area contributed by atoms with Crippen LogP contribution < -0.4 is 5.56 Å². The van der Waals surface area contributed by atoms with Crippen molar-refractivity contribution < 1.29 is 9.18 Å². The number of likely N-dealkylation sites (tertiary alicyclic amines) is 1. The van der Waals surface area contributed by atoms with Crippen molar-refractivity contribution in [3.63, 3.8) is 0 Å². The Balaban J connectivity index is 1.33. The second kappa shape index (κ2) is 6.58. The van der Waals surface area contributed by atoms with Crippen LogP contribution in [0.4, 0.5) is 4.39 Å². The zero-order valence-electron chi connectivity index (χ0n) is 15.4. The molecule has 5 rings (SSSR count). The fourth-order valence-corrected chi connectivity index (χ4v) is 4.25. The molecule has 1 aliphatic carbocycles. The zero-order chi connectivity index (χ0) is 19.3. The minimum absolute atomic E-state index is 0.0286. The van der Waals surface area contributed by atoms with E-state index < -0.39 is 0 Å². The minimum atomic E-state index is -0.314. The summed E-state index contributed by atoms with van der Waals surface area (Å²) < 4.78 is 14.5. The average Bonchev–Trinajstić information content (AvgIpc) is 3.45. The number of halogens is 1. The maximum absolute atomic E-state index is 14.5. The van der Waals surface area contributed by atoms with Gasteiger partial charge in [-0.25, -0.2) is 9.37 Å². The van der Waals surface area contributed by atoms with Gasteiger partial charge in [-0.2, -0.15) is 0 Å². The number of carbonyl (C=O) groups is 1. The Labute approximate surface area is 160 Å². The molecular formula is C21H21FN4O2. The molecule has 0 aromatic carbocycles. The lowest BCUT2D eigenvalue weighted by atomic mass is 9.87. The first-order valence-corrected chi connectivity index (χ1v) is 9.76. The molecule has 1 saturated heterocycles. The average molecular weight is 380 g/mol. The van der Waals surface area contributed by atoms with Crippen LogP contribution in [0.5, 0.6) is 0 Å². The van der Waals surface area contributed by atoms with E-state index in [2.05, 4.69) is 15.0 Å². The Morgan fingerprint density at radius 2 is 1.89 bits per heavy atom. The van der Waals surface area contributed by atoms with Gasteiger partial charge in [0.1, 0.15) is 17.0 Å². The Hall–Kier alpha value is -2.96. The summed E-state index contributed by atoms with van der Waals surface area (Å²) >= 11 is 0. The van der Waals surface area contributed by atoms with Crippen LogP contribution in [0, 0.1) is 5.82 Å². The fraction of sp³-hybridized carbons (Fsp3) is 0.381. The minimum Gasteiger partial charge on any atom is -0.346 e. The molecule has 144 valence electrons. The molecule has 0 unspecified atom stereocenters. The lowest BCUT2D eigenvalue weighted by Gasteiger charge is -2.32. The highest BCUT2D eigenvalue weighted by Crippen LogP contribution is 2.38. The molecule has 28 heavy (non-hydrogen) atoms. The molecule has 1 saturated carbocycles. The van der Waals surface area contributed by atoms with Gasteiger partial charge in [0.25, 0.3) is 11.5 Å². The monoisotopic (exact) mass is 380 g/mol. The molecule has 3 aromatic heterocycles. The molecule has 2 aliphatic rings. The number of carbonyl (C=O) groups excluding carboxylic acids is 1. The summed E-state index contributed by atoms with van der Waals surface area (Å²) in [6, 6.07) is 5.35. The summed E-state index contributed by atoms with van der Waals surface area (Å²) in [5.74, 6) is -0.0815. The van der Waals surface area contributed by atoms with Crippen LogP contribution in [0.1, 0.15) is 59.1 Å². The topological polar surface area (TPSA) is 81.8 Å². The summed E-state index contributed by atoms with van der Waals surface area (Å²) in [4.78, 5) is 36.8. The van der Waals surface area contributed by atoms with E-state index in [4.69, 9.17) is 0 Å². The van der Waals surface area contributed by atoms with Crippen LogP contribution in [0.3, 0.4) is 0 Å². The zero-order valence-corrected chi connectivity index (χ0v) is 15.4. The van der Waals surface area contributed by atoms with Gasteiger partial charge in [-0.15, -0.1) is 0 Å². The maximum Gasteiger partial charge on any atom is 0.261 e. The lowest BCUT2D eigenvalue weighted by molar-refractivity contribution is 0.0711. The summed E-state index contributed by atoms with van der Waals surface area (Å²) in [5, 5.41) is 0.803. The van der Waals surface area contributed by atoms with Gasteiger partial charge in [0.15, 0.2) is 0 Å². The molecule has 1 aliphatic heterocycles. The summed E-state index contributed by atoms with van der Waals surface area (Å²) in [6.07, 6.45) is 6.52. The first kappa shape index (κ1) is 17.2. The van der Waals surface area contributed by atoms with Crippen molar-refractivity contribution in [2.45, 2.75) is 37.5 Å². The van der Waals surface area contributed by atoms with Crippen LogP contribution >= 0.6 is 0 Å². The number of nitrogens with one attached hydrogen (secondary N) is 2. The Bertz CT molecular complexity index is 1110. The molecule has 3 aromatic rings. The molecule has 2 N–H and O–H groups in total. The van der Waals surface area contributed by atoms with Crippen LogP contribution in [-0.4, -0.2) is 38.8 Å². The van der Waals surface area contributed by atoms with Gasteiger partial charge >= 0.3 is 0 Å². The van der Waals surface area contributed by atoms with Crippen molar-refractivity contribution in [3.05, 3.63) is 63.6 Å². The second-order valence-electron chi connectivity index (χ2n) is 7.76. The molecule has 0 radical (unpaired) electrons.